The molecule has 0 radical (unpaired) electrons. The molecule has 0 atom stereocenters. The van der Waals surface area contributed by atoms with Crippen molar-refractivity contribution in [3.05, 3.63) is 40.2 Å². The summed E-state index contributed by atoms with van der Waals surface area (Å²) < 4.78 is 10.5. The molecule has 124 valence electrons. The van der Waals surface area contributed by atoms with E-state index in [0.717, 1.165) is 16.3 Å². The number of benzene rings is 1. The van der Waals surface area contributed by atoms with E-state index in [1.807, 2.05) is 36.6 Å². The molecule has 0 aliphatic heterocycles. The minimum Gasteiger partial charge on any atom is -0.497 e. The van der Waals surface area contributed by atoms with Crippen LogP contribution in [0.15, 0.2) is 34.1 Å². The molecular weight excluding hydrogens is 328 g/mol. The van der Waals surface area contributed by atoms with Crippen LogP contribution in [-0.4, -0.2) is 28.2 Å². The maximum absolute atomic E-state index is 12.0. The Bertz CT molecular complexity index is 826. The monoisotopic (exact) mass is 344 g/mol. The molecule has 8 heteroatoms. The van der Waals surface area contributed by atoms with Gasteiger partial charge >= 0.3 is 6.01 Å². The molecule has 0 aliphatic carbocycles. The molecule has 2 heterocycles. The number of aryl methyl sites for hydroxylation is 2. The summed E-state index contributed by atoms with van der Waals surface area (Å²) in [7, 11) is 1.62. The third kappa shape index (κ3) is 3.96. The first-order valence-electron chi connectivity index (χ1n) is 7.33. The summed E-state index contributed by atoms with van der Waals surface area (Å²) in [6.45, 7) is 1.90. The van der Waals surface area contributed by atoms with Gasteiger partial charge in [-0.05, 0) is 31.0 Å². The second kappa shape index (κ2) is 7.22. The van der Waals surface area contributed by atoms with Crippen molar-refractivity contribution in [2.24, 2.45) is 0 Å². The first-order chi connectivity index (χ1) is 11.6. The second-order valence-electron chi connectivity index (χ2n) is 5.06. The van der Waals surface area contributed by atoms with Gasteiger partial charge in [0.2, 0.25) is 5.91 Å². The van der Waals surface area contributed by atoms with Crippen LogP contribution >= 0.6 is 11.3 Å². The lowest BCUT2D eigenvalue weighted by molar-refractivity contribution is -0.116. The Labute approximate surface area is 142 Å². The lowest BCUT2D eigenvalue weighted by atomic mass is 10.1. The molecule has 0 aliphatic rings. The highest BCUT2D eigenvalue weighted by atomic mass is 32.1. The van der Waals surface area contributed by atoms with Crippen molar-refractivity contribution in [1.82, 2.24) is 15.2 Å². The number of hydrogen-bond acceptors (Lipinski definition) is 7. The predicted molar refractivity (Wildman–Crippen MR) is 90.1 cm³/mol. The van der Waals surface area contributed by atoms with E-state index in [1.54, 1.807) is 7.11 Å². The molecule has 0 fully saturated rings. The van der Waals surface area contributed by atoms with E-state index in [0.29, 0.717) is 24.4 Å². The van der Waals surface area contributed by atoms with Crippen molar-refractivity contribution in [2.75, 3.05) is 12.4 Å². The van der Waals surface area contributed by atoms with Crippen molar-refractivity contribution in [2.45, 2.75) is 19.8 Å². The number of carbonyl (C=O) groups excluding carboxylic acids is 1. The fourth-order valence-corrected chi connectivity index (χ4v) is 2.66. The summed E-state index contributed by atoms with van der Waals surface area (Å²) in [5.74, 6) is 0.902. The summed E-state index contributed by atoms with van der Waals surface area (Å²) in [6, 6.07) is 7.68. The quantitative estimate of drug-likeness (QED) is 0.739. The number of amides is 1. The topological polar surface area (TPSA) is 90.1 Å². The number of nitrogens with one attached hydrogen (secondary N) is 1. The van der Waals surface area contributed by atoms with E-state index in [9.17, 15) is 4.79 Å². The normalized spacial score (nSPS) is 10.6. The minimum atomic E-state index is -0.185. The summed E-state index contributed by atoms with van der Waals surface area (Å²) in [5.41, 5.74) is 1.67. The highest BCUT2D eigenvalue weighted by Gasteiger charge is 2.13. The average Bonchev–Trinajstić information content (AvgIpc) is 3.22. The fourth-order valence-electron chi connectivity index (χ4n) is 2.07. The van der Waals surface area contributed by atoms with Crippen molar-refractivity contribution >= 4 is 23.3 Å². The highest BCUT2D eigenvalue weighted by molar-refractivity contribution is 7.09. The number of nitrogens with zero attached hydrogens (tertiary/aromatic N) is 3. The molecule has 24 heavy (non-hydrogen) atoms. The zero-order valence-electron chi connectivity index (χ0n) is 13.3. The molecule has 0 saturated carbocycles. The summed E-state index contributed by atoms with van der Waals surface area (Å²) >= 11 is 1.50. The molecular formula is C16H16N4O3S. The summed E-state index contributed by atoms with van der Waals surface area (Å²) in [5, 5.41) is 13.1. The van der Waals surface area contributed by atoms with Crippen molar-refractivity contribution < 1.29 is 13.9 Å². The number of carbonyl (C=O) groups is 1. The van der Waals surface area contributed by atoms with Crippen LogP contribution in [-0.2, 0) is 11.2 Å². The predicted octanol–water partition coefficient (Wildman–Crippen LogP) is 3.08. The van der Waals surface area contributed by atoms with Gasteiger partial charge in [0.15, 0.2) is 0 Å². The smallest absolute Gasteiger partial charge is 0.322 e. The van der Waals surface area contributed by atoms with E-state index in [4.69, 9.17) is 9.15 Å². The zero-order valence-corrected chi connectivity index (χ0v) is 14.1. The second-order valence-corrected chi connectivity index (χ2v) is 6.12. The lowest BCUT2D eigenvalue weighted by Crippen LogP contribution is -2.12. The Morgan fingerprint density at radius 3 is 2.75 bits per heavy atom. The first kappa shape index (κ1) is 16.1. The molecule has 1 aromatic carbocycles. The van der Waals surface area contributed by atoms with Gasteiger partial charge < -0.3 is 9.15 Å². The van der Waals surface area contributed by atoms with Crippen LogP contribution in [0, 0.1) is 6.92 Å². The number of thiazole rings is 1. The van der Waals surface area contributed by atoms with E-state index >= 15 is 0 Å². The molecule has 3 rings (SSSR count). The van der Waals surface area contributed by atoms with Gasteiger partial charge in [-0.1, -0.05) is 17.2 Å². The highest BCUT2D eigenvalue weighted by Crippen LogP contribution is 2.21. The molecule has 0 saturated heterocycles. The van der Waals surface area contributed by atoms with Crippen LogP contribution in [0.2, 0.25) is 0 Å². The lowest BCUT2D eigenvalue weighted by Gasteiger charge is -2.03. The van der Waals surface area contributed by atoms with Gasteiger partial charge in [0.25, 0.3) is 5.89 Å². The molecule has 1 amide bonds. The number of methoxy groups -OCH3 is 1. The maximum Gasteiger partial charge on any atom is 0.322 e. The van der Waals surface area contributed by atoms with Crippen LogP contribution < -0.4 is 10.1 Å². The van der Waals surface area contributed by atoms with Gasteiger partial charge in [0, 0.05) is 11.8 Å². The van der Waals surface area contributed by atoms with Crippen molar-refractivity contribution in [3.8, 4) is 17.3 Å². The van der Waals surface area contributed by atoms with Crippen molar-refractivity contribution in [1.29, 1.82) is 0 Å². The number of rotatable bonds is 6. The average molecular weight is 344 g/mol. The standard InChI is InChI=1S/C16H16N4O3S/c1-10-17-13(9-24-10)15-19-20-16(23-15)18-14(21)8-5-11-3-6-12(22-2)7-4-11/h3-4,6-7,9H,5,8H2,1-2H3,(H,18,20,21). The van der Waals surface area contributed by atoms with Gasteiger partial charge in [-0.25, -0.2) is 4.98 Å². The number of hydrogen-bond donors (Lipinski definition) is 1. The van der Waals surface area contributed by atoms with Crippen LogP contribution in [0.3, 0.4) is 0 Å². The molecule has 1 N–H and O–H groups in total. The molecule has 0 spiro atoms. The molecule has 3 aromatic rings. The Morgan fingerprint density at radius 1 is 1.29 bits per heavy atom. The Balaban J connectivity index is 1.54. The van der Waals surface area contributed by atoms with E-state index in [2.05, 4.69) is 20.5 Å². The van der Waals surface area contributed by atoms with Crippen molar-refractivity contribution in [3.63, 3.8) is 0 Å². The van der Waals surface area contributed by atoms with Crippen LogP contribution in [0.4, 0.5) is 6.01 Å². The number of anilines is 1. The van der Waals surface area contributed by atoms with Gasteiger partial charge in [-0.3, -0.25) is 10.1 Å². The van der Waals surface area contributed by atoms with Crippen LogP contribution in [0.5, 0.6) is 5.75 Å². The summed E-state index contributed by atoms with van der Waals surface area (Å²) in [4.78, 5) is 16.2. The maximum atomic E-state index is 12.0. The fraction of sp³-hybridized carbons (Fsp3) is 0.250. The molecule has 0 unspecified atom stereocenters. The third-order valence-electron chi connectivity index (χ3n) is 3.31. The zero-order chi connectivity index (χ0) is 16.9. The van der Waals surface area contributed by atoms with Gasteiger partial charge in [-0.15, -0.1) is 16.4 Å². The van der Waals surface area contributed by atoms with Crippen LogP contribution in [0.25, 0.3) is 11.6 Å². The van der Waals surface area contributed by atoms with Crippen LogP contribution in [0.1, 0.15) is 17.0 Å². The first-order valence-corrected chi connectivity index (χ1v) is 8.21. The molecule has 2 aromatic heterocycles. The molecule has 0 bridgehead atoms. The SMILES string of the molecule is COc1ccc(CCC(=O)Nc2nnc(-c3csc(C)n3)o2)cc1. The van der Waals surface area contributed by atoms with Gasteiger partial charge in [-0.2, -0.15) is 0 Å². The van der Waals surface area contributed by atoms with E-state index in [1.165, 1.54) is 11.3 Å². The van der Waals surface area contributed by atoms with Gasteiger partial charge in [0.05, 0.1) is 12.1 Å². The van der Waals surface area contributed by atoms with Gasteiger partial charge in [0.1, 0.15) is 11.4 Å². The van der Waals surface area contributed by atoms with E-state index in [-0.39, 0.29) is 11.9 Å². The number of aromatic nitrogens is 3. The van der Waals surface area contributed by atoms with E-state index < -0.39 is 0 Å². The third-order valence-corrected chi connectivity index (χ3v) is 4.08. The Hall–Kier alpha value is -2.74. The Morgan fingerprint density at radius 2 is 2.08 bits per heavy atom. The largest absolute Gasteiger partial charge is 0.497 e. The minimum absolute atomic E-state index is 0.0791. The summed E-state index contributed by atoms with van der Waals surface area (Å²) in [6.07, 6.45) is 0.932. The number of ether oxygens (including phenoxy) is 1. The Kier molecular flexibility index (Phi) is 4.85. The molecule has 7 nitrogen and oxygen atoms in total.